The minimum Gasteiger partial charge on any atom is -0.466 e. The van der Waals surface area contributed by atoms with Gasteiger partial charge in [-0.05, 0) is 13.0 Å². The predicted molar refractivity (Wildman–Crippen MR) is 64.2 cm³/mol. The predicted octanol–water partition coefficient (Wildman–Crippen LogP) is 2.56. The van der Waals surface area contributed by atoms with Crippen molar-refractivity contribution in [2.45, 2.75) is 32.4 Å². The van der Waals surface area contributed by atoms with E-state index in [0.717, 1.165) is 0 Å². The molecule has 0 spiro atoms. The van der Waals surface area contributed by atoms with Gasteiger partial charge in [0.1, 0.15) is 0 Å². The van der Waals surface area contributed by atoms with Crippen LogP contribution in [0.15, 0.2) is 6.07 Å². The zero-order valence-electron chi connectivity index (χ0n) is 11.7. The van der Waals surface area contributed by atoms with Gasteiger partial charge in [-0.15, -0.1) is 13.2 Å². The number of nitrogens with zero attached hydrogens (tertiary/aromatic N) is 1. The van der Waals surface area contributed by atoms with Crippen LogP contribution < -0.4 is 10.5 Å². The van der Waals surface area contributed by atoms with Crippen LogP contribution in [0, 0.1) is 0 Å². The maximum absolute atomic E-state index is 12.8. The fourth-order valence-electron chi connectivity index (χ4n) is 1.67. The number of carbonyl (C=O) groups excluding carboxylic acids is 1. The molecule has 0 saturated carbocycles. The third-order valence-corrected chi connectivity index (χ3v) is 2.48. The van der Waals surface area contributed by atoms with Gasteiger partial charge in [-0.2, -0.15) is 13.2 Å². The summed E-state index contributed by atoms with van der Waals surface area (Å²) in [6.07, 6.45) is -11.0. The molecule has 1 aromatic heterocycles. The van der Waals surface area contributed by atoms with Crippen LogP contribution in [0.4, 0.5) is 26.3 Å². The van der Waals surface area contributed by atoms with E-state index in [9.17, 15) is 31.1 Å². The van der Waals surface area contributed by atoms with Gasteiger partial charge in [-0.1, -0.05) is 0 Å². The molecule has 0 saturated heterocycles. The average Bonchev–Trinajstić information content (AvgIpc) is 2.37. The summed E-state index contributed by atoms with van der Waals surface area (Å²) in [5.41, 5.74) is 2.33. The molecule has 2 N–H and O–H groups in total. The fourth-order valence-corrected chi connectivity index (χ4v) is 1.67. The standard InChI is InChI=1S/C12H12F6N2O3/c1-2-22-10(21)4-7-9(23-12(16,17)18)3-6(11(13,14)15)8(5-19)20-7/h3H,2,4-5,19H2,1H3. The van der Waals surface area contributed by atoms with E-state index in [1.54, 1.807) is 0 Å². The number of ether oxygens (including phenoxy) is 2. The van der Waals surface area contributed by atoms with Crippen LogP contribution >= 0.6 is 0 Å². The number of rotatable bonds is 5. The molecule has 0 amide bonds. The molecule has 0 unspecified atom stereocenters. The molecule has 130 valence electrons. The number of pyridine rings is 1. The molecule has 0 radical (unpaired) electrons. The van der Waals surface area contributed by atoms with E-state index < -0.39 is 54.2 Å². The molecule has 1 aromatic rings. The summed E-state index contributed by atoms with van der Waals surface area (Å²) in [5.74, 6) is -2.19. The van der Waals surface area contributed by atoms with Crippen molar-refractivity contribution in [3.05, 3.63) is 23.0 Å². The second-order valence-corrected chi connectivity index (χ2v) is 4.16. The minimum absolute atomic E-state index is 0.0569. The molecular formula is C12H12F6N2O3. The molecule has 0 aromatic carbocycles. The Kier molecular flexibility index (Phi) is 5.81. The first kappa shape index (κ1) is 19.0. The Morgan fingerprint density at radius 2 is 1.83 bits per heavy atom. The van der Waals surface area contributed by atoms with Crippen molar-refractivity contribution in [2.24, 2.45) is 5.73 Å². The molecule has 23 heavy (non-hydrogen) atoms. The third-order valence-electron chi connectivity index (χ3n) is 2.48. The Balaban J connectivity index is 3.38. The van der Waals surface area contributed by atoms with Crippen molar-refractivity contribution in [3.63, 3.8) is 0 Å². The summed E-state index contributed by atoms with van der Waals surface area (Å²) in [5, 5.41) is 0. The van der Waals surface area contributed by atoms with Gasteiger partial charge in [-0.3, -0.25) is 9.78 Å². The van der Waals surface area contributed by atoms with Gasteiger partial charge in [0.25, 0.3) is 0 Å². The van der Waals surface area contributed by atoms with Gasteiger partial charge >= 0.3 is 18.5 Å². The number of carbonyl (C=O) groups is 1. The second kappa shape index (κ2) is 7.02. The van der Waals surface area contributed by atoms with Crippen LogP contribution in [0.2, 0.25) is 0 Å². The first-order chi connectivity index (χ1) is 10.5. The summed E-state index contributed by atoms with van der Waals surface area (Å²) < 4.78 is 83.6. The van der Waals surface area contributed by atoms with E-state index in [2.05, 4.69) is 14.5 Å². The van der Waals surface area contributed by atoms with Crippen molar-refractivity contribution in [1.29, 1.82) is 0 Å². The molecule has 1 heterocycles. The summed E-state index contributed by atoms with van der Waals surface area (Å²) in [6, 6.07) is 0.122. The largest absolute Gasteiger partial charge is 0.573 e. The van der Waals surface area contributed by atoms with Crippen LogP contribution in [-0.2, 0) is 28.7 Å². The van der Waals surface area contributed by atoms with Crippen molar-refractivity contribution in [2.75, 3.05) is 6.61 Å². The zero-order valence-corrected chi connectivity index (χ0v) is 11.7. The first-order valence-electron chi connectivity index (χ1n) is 6.19. The van der Waals surface area contributed by atoms with E-state index in [-0.39, 0.29) is 12.7 Å². The van der Waals surface area contributed by atoms with E-state index >= 15 is 0 Å². The summed E-state index contributed by atoms with van der Waals surface area (Å²) in [7, 11) is 0. The number of alkyl halides is 6. The lowest BCUT2D eigenvalue weighted by Gasteiger charge is -2.17. The van der Waals surface area contributed by atoms with Crippen molar-refractivity contribution in [1.82, 2.24) is 4.98 Å². The zero-order chi connectivity index (χ0) is 17.8. The molecule has 0 aliphatic rings. The maximum Gasteiger partial charge on any atom is 0.573 e. The van der Waals surface area contributed by atoms with E-state index in [0.29, 0.717) is 0 Å². The van der Waals surface area contributed by atoms with Crippen LogP contribution in [-0.4, -0.2) is 23.9 Å². The van der Waals surface area contributed by atoms with Gasteiger partial charge in [0, 0.05) is 6.54 Å². The third kappa shape index (κ3) is 5.58. The van der Waals surface area contributed by atoms with Crippen LogP contribution in [0.3, 0.4) is 0 Å². The molecule has 1 rings (SSSR count). The van der Waals surface area contributed by atoms with Gasteiger partial charge in [0.05, 0.1) is 30.0 Å². The van der Waals surface area contributed by atoms with Gasteiger partial charge in [0.15, 0.2) is 5.75 Å². The highest BCUT2D eigenvalue weighted by molar-refractivity contribution is 5.73. The number of esters is 1. The van der Waals surface area contributed by atoms with Crippen LogP contribution in [0.1, 0.15) is 23.9 Å². The van der Waals surface area contributed by atoms with E-state index in [1.807, 2.05) is 0 Å². The number of aromatic nitrogens is 1. The summed E-state index contributed by atoms with van der Waals surface area (Å²) in [6.45, 7) is 0.714. The molecule has 0 bridgehead atoms. The average molecular weight is 346 g/mol. The molecular weight excluding hydrogens is 334 g/mol. The molecule has 5 nitrogen and oxygen atoms in total. The van der Waals surface area contributed by atoms with Gasteiger partial charge in [-0.25, -0.2) is 0 Å². The van der Waals surface area contributed by atoms with Crippen molar-refractivity contribution >= 4 is 5.97 Å². The highest BCUT2D eigenvalue weighted by Crippen LogP contribution is 2.36. The first-order valence-corrected chi connectivity index (χ1v) is 6.19. The van der Waals surface area contributed by atoms with Gasteiger partial charge < -0.3 is 15.2 Å². The lowest BCUT2D eigenvalue weighted by atomic mass is 10.1. The van der Waals surface area contributed by atoms with Crippen molar-refractivity contribution in [3.8, 4) is 5.75 Å². The van der Waals surface area contributed by atoms with E-state index in [1.165, 1.54) is 6.92 Å². The SMILES string of the molecule is CCOC(=O)Cc1nc(CN)c(C(F)(F)F)cc1OC(F)(F)F. The highest BCUT2D eigenvalue weighted by atomic mass is 19.4. The Morgan fingerprint density at radius 1 is 1.22 bits per heavy atom. The molecule has 0 fully saturated rings. The minimum atomic E-state index is -5.25. The fraction of sp³-hybridized carbons (Fsp3) is 0.500. The lowest BCUT2D eigenvalue weighted by molar-refractivity contribution is -0.275. The Hall–Kier alpha value is -2.04. The molecule has 11 heteroatoms. The lowest BCUT2D eigenvalue weighted by Crippen LogP contribution is -2.22. The quantitative estimate of drug-likeness (QED) is 0.655. The maximum atomic E-state index is 12.8. The van der Waals surface area contributed by atoms with Gasteiger partial charge in [0.2, 0.25) is 0 Å². The normalized spacial score (nSPS) is 12.2. The second-order valence-electron chi connectivity index (χ2n) is 4.16. The number of hydrogen-bond donors (Lipinski definition) is 1. The van der Waals surface area contributed by atoms with Crippen molar-refractivity contribution < 1.29 is 40.6 Å². The van der Waals surface area contributed by atoms with Crippen LogP contribution in [0.25, 0.3) is 0 Å². The summed E-state index contributed by atoms with van der Waals surface area (Å²) >= 11 is 0. The Morgan fingerprint density at radius 3 is 2.26 bits per heavy atom. The Labute approximate surface area is 126 Å². The number of nitrogens with two attached hydrogens (primary N) is 1. The highest BCUT2D eigenvalue weighted by Gasteiger charge is 2.38. The Bertz CT molecular complexity index is 571. The smallest absolute Gasteiger partial charge is 0.466 e. The monoisotopic (exact) mass is 346 g/mol. The van der Waals surface area contributed by atoms with Crippen LogP contribution in [0.5, 0.6) is 5.75 Å². The molecule has 0 atom stereocenters. The number of hydrogen-bond acceptors (Lipinski definition) is 5. The molecule has 0 aliphatic carbocycles. The topological polar surface area (TPSA) is 74.4 Å². The molecule has 0 aliphatic heterocycles. The summed E-state index contributed by atoms with van der Waals surface area (Å²) in [4.78, 5) is 14.8. The number of halogens is 6. The van der Waals surface area contributed by atoms with E-state index in [4.69, 9.17) is 5.73 Å².